The largest absolute Gasteiger partial charge is 0.317 e. The fourth-order valence-corrected chi connectivity index (χ4v) is 2.21. The van der Waals surface area contributed by atoms with Crippen molar-refractivity contribution in [2.45, 2.75) is 13.8 Å². The molecule has 0 bridgehead atoms. The lowest BCUT2D eigenvalue weighted by molar-refractivity contribution is 0.102. The molecule has 0 atom stereocenters. The maximum atomic E-state index is 12.4. The van der Waals surface area contributed by atoms with Gasteiger partial charge in [0.2, 0.25) is 0 Å². The number of H-pyrrole nitrogens is 1. The van der Waals surface area contributed by atoms with Crippen LogP contribution in [0.4, 0.5) is 5.69 Å². The molecule has 2 N–H and O–H groups in total. The van der Waals surface area contributed by atoms with Crippen molar-refractivity contribution in [3.8, 4) is 0 Å². The molecule has 0 aliphatic rings. The topological polar surface area (TPSA) is 70.7 Å². The van der Waals surface area contributed by atoms with Crippen LogP contribution in [0, 0.1) is 13.8 Å². The SMILES string of the molecule is Cc1n[nH]c(C)c1NC(=O)c1nccc2ccccc12. The zero-order valence-electron chi connectivity index (χ0n) is 11.3. The van der Waals surface area contributed by atoms with E-state index in [1.165, 1.54) is 0 Å². The Hall–Kier alpha value is -2.69. The molecule has 5 nitrogen and oxygen atoms in total. The highest BCUT2D eigenvalue weighted by atomic mass is 16.1. The molecule has 3 aromatic rings. The van der Waals surface area contributed by atoms with Crippen LogP contribution in [-0.4, -0.2) is 21.1 Å². The Morgan fingerprint density at radius 3 is 2.75 bits per heavy atom. The molecule has 0 aliphatic heterocycles. The zero-order valence-corrected chi connectivity index (χ0v) is 11.3. The number of pyridine rings is 1. The van der Waals surface area contributed by atoms with Crippen molar-refractivity contribution in [1.29, 1.82) is 0 Å². The van der Waals surface area contributed by atoms with E-state index in [0.717, 1.165) is 22.2 Å². The van der Waals surface area contributed by atoms with Gasteiger partial charge in [-0.25, -0.2) is 0 Å². The molecule has 1 amide bonds. The Morgan fingerprint density at radius 2 is 2.00 bits per heavy atom. The second kappa shape index (κ2) is 4.77. The van der Waals surface area contributed by atoms with E-state index in [9.17, 15) is 4.79 Å². The highest BCUT2D eigenvalue weighted by molar-refractivity contribution is 6.11. The molecule has 0 radical (unpaired) electrons. The van der Waals surface area contributed by atoms with Gasteiger partial charge in [-0.1, -0.05) is 24.3 Å². The number of aromatic nitrogens is 3. The average molecular weight is 266 g/mol. The first-order chi connectivity index (χ1) is 9.66. The molecule has 3 rings (SSSR count). The molecule has 0 saturated carbocycles. The van der Waals surface area contributed by atoms with Gasteiger partial charge in [0.05, 0.1) is 17.1 Å². The van der Waals surface area contributed by atoms with Crippen molar-refractivity contribution in [2.75, 3.05) is 5.32 Å². The van der Waals surface area contributed by atoms with Crippen molar-refractivity contribution < 1.29 is 4.79 Å². The normalized spacial score (nSPS) is 10.7. The van der Waals surface area contributed by atoms with Gasteiger partial charge in [0, 0.05) is 11.6 Å². The van der Waals surface area contributed by atoms with E-state index in [1.807, 2.05) is 44.2 Å². The zero-order chi connectivity index (χ0) is 14.1. The third-order valence-electron chi connectivity index (χ3n) is 3.26. The lowest BCUT2D eigenvalue weighted by atomic mass is 10.1. The van der Waals surface area contributed by atoms with Gasteiger partial charge in [-0.05, 0) is 25.3 Å². The summed E-state index contributed by atoms with van der Waals surface area (Å²) in [5, 5.41) is 11.6. The van der Waals surface area contributed by atoms with Gasteiger partial charge in [-0.15, -0.1) is 0 Å². The second-order valence-corrected chi connectivity index (χ2v) is 4.64. The van der Waals surface area contributed by atoms with Crippen LogP contribution < -0.4 is 5.32 Å². The molecular formula is C15H14N4O. The molecule has 1 aromatic carbocycles. The number of fused-ring (bicyclic) bond motifs is 1. The minimum atomic E-state index is -0.227. The first kappa shape index (κ1) is 12.3. The molecule has 2 aromatic heterocycles. The van der Waals surface area contributed by atoms with E-state index in [0.29, 0.717) is 11.4 Å². The van der Waals surface area contributed by atoms with E-state index < -0.39 is 0 Å². The Morgan fingerprint density at radius 1 is 1.20 bits per heavy atom. The number of hydrogen-bond donors (Lipinski definition) is 2. The standard InChI is InChI=1S/C15H14N4O/c1-9-13(10(2)19-18-9)17-15(20)14-12-6-4-3-5-11(12)7-8-16-14/h3-8H,1-2H3,(H,17,20)(H,18,19). The number of carbonyl (C=O) groups is 1. The first-order valence-electron chi connectivity index (χ1n) is 6.33. The average Bonchev–Trinajstić information content (AvgIpc) is 2.78. The van der Waals surface area contributed by atoms with E-state index in [-0.39, 0.29) is 5.91 Å². The summed E-state index contributed by atoms with van der Waals surface area (Å²) in [5.74, 6) is -0.227. The summed E-state index contributed by atoms with van der Waals surface area (Å²) >= 11 is 0. The van der Waals surface area contributed by atoms with E-state index in [2.05, 4.69) is 20.5 Å². The smallest absolute Gasteiger partial charge is 0.274 e. The summed E-state index contributed by atoms with van der Waals surface area (Å²) in [6.45, 7) is 3.71. The second-order valence-electron chi connectivity index (χ2n) is 4.64. The van der Waals surface area contributed by atoms with Crippen LogP contribution in [0.2, 0.25) is 0 Å². The number of rotatable bonds is 2. The van der Waals surface area contributed by atoms with Crippen LogP contribution in [0.15, 0.2) is 36.5 Å². The Bertz CT molecular complexity index is 767. The van der Waals surface area contributed by atoms with Gasteiger partial charge in [-0.2, -0.15) is 5.10 Å². The van der Waals surface area contributed by atoms with E-state index >= 15 is 0 Å². The predicted molar refractivity (Wildman–Crippen MR) is 77.8 cm³/mol. The summed E-state index contributed by atoms with van der Waals surface area (Å²) in [7, 11) is 0. The van der Waals surface area contributed by atoms with Gasteiger partial charge < -0.3 is 5.32 Å². The van der Waals surface area contributed by atoms with Crippen LogP contribution in [0.5, 0.6) is 0 Å². The summed E-state index contributed by atoms with van der Waals surface area (Å²) in [6.07, 6.45) is 1.65. The number of nitrogens with zero attached hydrogens (tertiary/aromatic N) is 2. The summed E-state index contributed by atoms with van der Waals surface area (Å²) in [5.41, 5.74) is 2.72. The quantitative estimate of drug-likeness (QED) is 0.749. The summed E-state index contributed by atoms with van der Waals surface area (Å²) < 4.78 is 0. The van der Waals surface area contributed by atoms with Crippen LogP contribution in [-0.2, 0) is 0 Å². The molecule has 0 spiro atoms. The fourth-order valence-electron chi connectivity index (χ4n) is 2.21. The number of benzene rings is 1. The van der Waals surface area contributed by atoms with Crippen molar-refractivity contribution >= 4 is 22.4 Å². The van der Waals surface area contributed by atoms with Crippen LogP contribution in [0.3, 0.4) is 0 Å². The number of anilines is 1. The maximum Gasteiger partial charge on any atom is 0.274 e. The lowest BCUT2D eigenvalue weighted by Gasteiger charge is -2.07. The number of nitrogens with one attached hydrogen (secondary N) is 2. The van der Waals surface area contributed by atoms with Gasteiger partial charge >= 0.3 is 0 Å². The third kappa shape index (κ3) is 2.03. The molecule has 20 heavy (non-hydrogen) atoms. The molecule has 0 unspecified atom stereocenters. The molecule has 0 aliphatic carbocycles. The molecule has 100 valence electrons. The molecule has 2 heterocycles. The molecule has 0 fully saturated rings. The minimum Gasteiger partial charge on any atom is -0.317 e. The van der Waals surface area contributed by atoms with E-state index in [1.54, 1.807) is 6.20 Å². The maximum absolute atomic E-state index is 12.4. The first-order valence-corrected chi connectivity index (χ1v) is 6.33. The van der Waals surface area contributed by atoms with Gasteiger partial charge in [0.15, 0.2) is 0 Å². The fraction of sp³-hybridized carbons (Fsp3) is 0.133. The van der Waals surface area contributed by atoms with Crippen LogP contribution >= 0.6 is 0 Å². The monoisotopic (exact) mass is 266 g/mol. The van der Waals surface area contributed by atoms with Crippen molar-refractivity contribution in [2.24, 2.45) is 0 Å². The van der Waals surface area contributed by atoms with Crippen molar-refractivity contribution in [3.63, 3.8) is 0 Å². The number of aromatic amines is 1. The highest BCUT2D eigenvalue weighted by Crippen LogP contribution is 2.20. The van der Waals surface area contributed by atoms with Gasteiger partial charge in [0.25, 0.3) is 5.91 Å². The predicted octanol–water partition coefficient (Wildman–Crippen LogP) is 2.83. The van der Waals surface area contributed by atoms with Gasteiger partial charge in [0.1, 0.15) is 5.69 Å². The highest BCUT2D eigenvalue weighted by Gasteiger charge is 2.15. The number of aryl methyl sites for hydroxylation is 2. The van der Waals surface area contributed by atoms with Crippen LogP contribution in [0.25, 0.3) is 10.8 Å². The Balaban J connectivity index is 2.01. The minimum absolute atomic E-state index is 0.227. The third-order valence-corrected chi connectivity index (χ3v) is 3.26. The molecule has 5 heteroatoms. The number of carbonyl (C=O) groups excluding carboxylic acids is 1. The molecule has 0 saturated heterocycles. The van der Waals surface area contributed by atoms with Crippen molar-refractivity contribution in [3.05, 3.63) is 53.6 Å². The Kier molecular flexibility index (Phi) is 2.95. The Labute approximate surface area is 116 Å². The number of hydrogen-bond acceptors (Lipinski definition) is 3. The lowest BCUT2D eigenvalue weighted by Crippen LogP contribution is -2.15. The van der Waals surface area contributed by atoms with Crippen LogP contribution in [0.1, 0.15) is 21.9 Å². The summed E-state index contributed by atoms with van der Waals surface area (Å²) in [4.78, 5) is 16.6. The van der Waals surface area contributed by atoms with E-state index in [4.69, 9.17) is 0 Å². The van der Waals surface area contributed by atoms with Crippen molar-refractivity contribution in [1.82, 2.24) is 15.2 Å². The van der Waals surface area contributed by atoms with Gasteiger partial charge in [-0.3, -0.25) is 14.9 Å². The summed E-state index contributed by atoms with van der Waals surface area (Å²) in [6, 6.07) is 9.58. The molecular weight excluding hydrogens is 252 g/mol. The number of amides is 1.